The lowest BCUT2D eigenvalue weighted by atomic mass is 10.2. The van der Waals surface area contributed by atoms with Crippen molar-refractivity contribution in [2.45, 2.75) is 0 Å². The van der Waals surface area contributed by atoms with Gasteiger partial charge in [0.2, 0.25) is 5.89 Å². The summed E-state index contributed by atoms with van der Waals surface area (Å²) in [6, 6.07) is 9.16. The van der Waals surface area contributed by atoms with Gasteiger partial charge >= 0.3 is 19.4 Å². The summed E-state index contributed by atoms with van der Waals surface area (Å²) in [5, 5.41) is 10.4. The average Bonchev–Trinajstić information content (AvgIpc) is 3.26. The Morgan fingerprint density at radius 2 is 1.50 bits per heavy atom. The third-order valence-electron chi connectivity index (χ3n) is 4.63. The Hall–Kier alpha value is -2.10. The molecule has 10 nitrogen and oxygen atoms in total. The highest BCUT2D eigenvalue weighted by Gasteiger charge is 2.41. The van der Waals surface area contributed by atoms with Gasteiger partial charge in [-0.25, -0.2) is 9.34 Å². The number of nitrogens with zero attached hydrogens (tertiary/aromatic N) is 4. The molecule has 0 aliphatic carbocycles. The van der Waals surface area contributed by atoms with Crippen molar-refractivity contribution in [3.8, 4) is 11.5 Å². The summed E-state index contributed by atoms with van der Waals surface area (Å²) in [5.41, 5.74) is 0.707. The van der Waals surface area contributed by atoms with Crippen molar-refractivity contribution in [3.63, 3.8) is 0 Å². The number of nitrogens with one attached hydrogen (secondary N) is 1. The molecule has 1 N–H and O–H groups in total. The molecule has 2 aromatic rings. The minimum atomic E-state index is -3.38. The van der Waals surface area contributed by atoms with Gasteiger partial charge < -0.3 is 13.9 Å². The summed E-state index contributed by atoms with van der Waals surface area (Å²) in [4.78, 5) is 12.8. The number of hydrogen-bond acceptors (Lipinski definition) is 7. The first kappa shape index (κ1) is 19.2. The maximum Gasteiger partial charge on any atom is 0.316 e. The molecule has 28 heavy (non-hydrogen) atoms. The number of aromatic nitrogens is 2. The second-order valence-corrected chi connectivity index (χ2v) is 8.84. The highest BCUT2D eigenvalue weighted by molar-refractivity contribution is 7.57. The van der Waals surface area contributed by atoms with Gasteiger partial charge in [-0.15, -0.1) is 10.2 Å². The van der Waals surface area contributed by atoms with E-state index in [1.165, 1.54) is 0 Å². The van der Waals surface area contributed by atoms with Crippen LogP contribution in [-0.2, 0) is 14.0 Å². The maximum atomic E-state index is 13.9. The quantitative estimate of drug-likeness (QED) is 0.732. The smallest absolute Gasteiger partial charge is 0.316 e. The molecule has 0 spiro atoms. The van der Waals surface area contributed by atoms with E-state index in [0.717, 1.165) is 0 Å². The van der Waals surface area contributed by atoms with E-state index in [2.05, 4.69) is 15.3 Å². The summed E-state index contributed by atoms with van der Waals surface area (Å²) in [7, 11) is -3.38. The molecule has 1 aromatic heterocycles. The minimum absolute atomic E-state index is 0.222. The molecule has 2 aliphatic rings. The van der Waals surface area contributed by atoms with Crippen molar-refractivity contribution >= 4 is 13.5 Å². The number of carbonyl (C=O) groups is 1. The van der Waals surface area contributed by atoms with Crippen LogP contribution in [0, 0.1) is 0 Å². The number of carbonyl (C=O) groups excluding carboxylic acids is 1. The number of rotatable bonds is 5. The number of hydrogen-bond donors (Lipinski definition) is 1. The summed E-state index contributed by atoms with van der Waals surface area (Å²) < 4.78 is 33.7. The molecule has 2 aliphatic heterocycles. The Bertz CT molecular complexity index is 827. The Morgan fingerprint density at radius 1 is 0.929 bits per heavy atom. The predicted molar refractivity (Wildman–Crippen MR) is 99.6 cm³/mol. The summed E-state index contributed by atoms with van der Waals surface area (Å²) >= 11 is 0. The molecule has 1 amide bonds. The van der Waals surface area contributed by atoms with E-state index < -0.39 is 13.5 Å². The normalized spacial score (nSPS) is 19.4. The van der Waals surface area contributed by atoms with E-state index in [1.54, 1.807) is 9.34 Å². The zero-order valence-corrected chi connectivity index (χ0v) is 16.2. The van der Waals surface area contributed by atoms with Gasteiger partial charge in [0.15, 0.2) is 0 Å². The minimum Gasteiger partial charge on any atom is -0.412 e. The number of morpholine rings is 2. The SMILES string of the molecule is O=C(NP(=O)(N1CCOCC1)N1CCOCC1)c1nnc(-c2ccccc2)o1. The molecule has 1 aromatic carbocycles. The Morgan fingerprint density at radius 3 is 2.07 bits per heavy atom. The van der Waals surface area contributed by atoms with Crippen LogP contribution in [0.3, 0.4) is 0 Å². The van der Waals surface area contributed by atoms with Crippen LogP contribution in [0.4, 0.5) is 0 Å². The van der Waals surface area contributed by atoms with E-state index in [4.69, 9.17) is 13.9 Å². The van der Waals surface area contributed by atoms with E-state index >= 15 is 0 Å². The maximum absolute atomic E-state index is 13.9. The van der Waals surface area contributed by atoms with Crippen LogP contribution in [0.1, 0.15) is 10.7 Å². The van der Waals surface area contributed by atoms with Gasteiger partial charge in [-0.1, -0.05) is 18.2 Å². The lowest BCUT2D eigenvalue weighted by molar-refractivity contribution is 0.0504. The first-order valence-electron chi connectivity index (χ1n) is 9.15. The zero-order chi connectivity index (χ0) is 19.4. The highest BCUT2D eigenvalue weighted by Crippen LogP contribution is 2.50. The molecule has 0 saturated carbocycles. The van der Waals surface area contributed by atoms with Gasteiger partial charge in [-0.2, -0.15) is 0 Å². The summed E-state index contributed by atoms with van der Waals surface area (Å²) in [6.07, 6.45) is 0. The van der Waals surface area contributed by atoms with Crippen LogP contribution in [0.2, 0.25) is 0 Å². The van der Waals surface area contributed by atoms with E-state index in [0.29, 0.717) is 58.2 Å². The number of amides is 1. The van der Waals surface area contributed by atoms with Crippen LogP contribution in [0.15, 0.2) is 34.7 Å². The summed E-state index contributed by atoms with van der Waals surface area (Å²) in [6.45, 7) is 3.71. The molecule has 11 heteroatoms. The average molecular weight is 407 g/mol. The van der Waals surface area contributed by atoms with Crippen molar-refractivity contribution in [2.24, 2.45) is 0 Å². The van der Waals surface area contributed by atoms with Gasteiger partial charge in [-0.05, 0) is 12.1 Å². The molecule has 4 rings (SSSR count). The zero-order valence-electron chi connectivity index (χ0n) is 15.3. The van der Waals surface area contributed by atoms with Crippen LogP contribution in [0.25, 0.3) is 11.5 Å². The molecular formula is C17H22N5O5P. The fourth-order valence-corrected chi connectivity index (χ4v) is 5.57. The molecule has 0 unspecified atom stereocenters. The molecule has 2 fully saturated rings. The fourth-order valence-electron chi connectivity index (χ4n) is 3.16. The second kappa shape index (κ2) is 8.50. The van der Waals surface area contributed by atoms with Gasteiger partial charge in [0.25, 0.3) is 0 Å². The standard InChI is InChI=1S/C17H22N5O5P/c23-15(17-19-18-16(27-17)14-4-2-1-3-5-14)20-28(24,21-6-10-25-11-7-21)22-8-12-26-13-9-22/h1-5H,6-13H2,(H,20,23,24). The number of ether oxygens (including phenoxy) is 2. The Labute approximate surface area is 162 Å². The molecule has 0 bridgehead atoms. The third-order valence-corrected chi connectivity index (χ3v) is 7.46. The second-order valence-electron chi connectivity index (χ2n) is 6.40. The van der Waals surface area contributed by atoms with Crippen molar-refractivity contribution in [2.75, 3.05) is 52.6 Å². The van der Waals surface area contributed by atoms with Crippen LogP contribution >= 0.6 is 7.59 Å². The molecule has 2 saturated heterocycles. The third kappa shape index (κ3) is 4.01. The Balaban J connectivity index is 1.55. The van der Waals surface area contributed by atoms with E-state index in [9.17, 15) is 9.36 Å². The van der Waals surface area contributed by atoms with Crippen LogP contribution in [0.5, 0.6) is 0 Å². The van der Waals surface area contributed by atoms with E-state index in [1.807, 2.05) is 30.3 Å². The van der Waals surface area contributed by atoms with Gasteiger partial charge in [0.05, 0.1) is 26.4 Å². The topological polar surface area (TPSA) is 110 Å². The van der Waals surface area contributed by atoms with Crippen molar-refractivity contribution in [3.05, 3.63) is 36.2 Å². The van der Waals surface area contributed by atoms with E-state index in [-0.39, 0.29) is 11.8 Å². The molecule has 3 heterocycles. The van der Waals surface area contributed by atoms with Crippen molar-refractivity contribution < 1.29 is 23.3 Å². The fraction of sp³-hybridized carbons (Fsp3) is 0.471. The largest absolute Gasteiger partial charge is 0.412 e. The molecule has 150 valence electrons. The predicted octanol–water partition coefficient (Wildman–Crippen LogP) is 1.24. The van der Waals surface area contributed by atoms with Crippen LogP contribution in [-0.4, -0.2) is 78.1 Å². The molecular weight excluding hydrogens is 385 g/mol. The first-order chi connectivity index (χ1) is 13.7. The molecule has 0 radical (unpaired) electrons. The number of benzene rings is 1. The lowest BCUT2D eigenvalue weighted by Crippen LogP contribution is -2.48. The first-order valence-corrected chi connectivity index (χ1v) is 10.8. The van der Waals surface area contributed by atoms with Gasteiger partial charge in [0, 0.05) is 31.7 Å². The monoisotopic (exact) mass is 407 g/mol. The van der Waals surface area contributed by atoms with Crippen LogP contribution < -0.4 is 5.09 Å². The van der Waals surface area contributed by atoms with Crippen molar-refractivity contribution in [1.29, 1.82) is 0 Å². The highest BCUT2D eigenvalue weighted by atomic mass is 31.2. The molecule has 0 atom stereocenters. The Kier molecular flexibility index (Phi) is 5.84. The van der Waals surface area contributed by atoms with Crippen molar-refractivity contribution in [1.82, 2.24) is 24.6 Å². The van der Waals surface area contributed by atoms with Gasteiger partial charge in [0.1, 0.15) is 0 Å². The lowest BCUT2D eigenvalue weighted by Gasteiger charge is -2.41. The van der Waals surface area contributed by atoms with Gasteiger partial charge in [-0.3, -0.25) is 14.4 Å². The summed E-state index contributed by atoms with van der Waals surface area (Å²) in [5.74, 6) is -0.644.